The summed E-state index contributed by atoms with van der Waals surface area (Å²) in [6.07, 6.45) is 0.893. The zero-order chi connectivity index (χ0) is 29.6. The molecule has 3 aliphatic heterocycles. The average molecular weight is 581 g/mol. The molecule has 1 N–H and O–H groups in total. The van der Waals surface area contributed by atoms with Gasteiger partial charge in [-0.15, -0.1) is 0 Å². The summed E-state index contributed by atoms with van der Waals surface area (Å²) in [5, 5.41) is 11.6. The second-order valence-electron chi connectivity index (χ2n) is 11.0. The quantitative estimate of drug-likeness (QED) is 0.239. The smallest absolute Gasteiger partial charge is 0.295 e. The Hall–Kier alpha value is -3.76. The van der Waals surface area contributed by atoms with E-state index in [1.165, 1.54) is 0 Å². The van der Waals surface area contributed by atoms with Gasteiger partial charge in [0.15, 0.2) is 23.0 Å². The Morgan fingerprint density at radius 1 is 0.952 bits per heavy atom. The molecule has 42 heavy (non-hydrogen) atoms. The molecule has 0 aromatic heterocycles. The molecular weight excluding hydrogens is 540 g/mol. The molecule has 2 aromatic carbocycles. The van der Waals surface area contributed by atoms with Crippen molar-refractivity contribution in [3.8, 4) is 23.0 Å². The molecule has 0 spiro atoms. The minimum absolute atomic E-state index is 0.0228. The van der Waals surface area contributed by atoms with Crippen LogP contribution in [0.3, 0.4) is 0 Å². The fourth-order valence-electron chi connectivity index (χ4n) is 5.36. The van der Waals surface area contributed by atoms with Gasteiger partial charge in [-0.2, -0.15) is 0 Å². The summed E-state index contributed by atoms with van der Waals surface area (Å²) in [6, 6.07) is 9.64. The number of likely N-dealkylation sites (tertiary alicyclic amines) is 1. The van der Waals surface area contributed by atoms with Crippen molar-refractivity contribution in [3.63, 3.8) is 0 Å². The fraction of sp³-hybridized carbons (Fsp3) is 0.500. The van der Waals surface area contributed by atoms with Crippen molar-refractivity contribution < 1.29 is 38.4 Å². The summed E-state index contributed by atoms with van der Waals surface area (Å²) < 4.78 is 28.7. The zero-order valence-electron chi connectivity index (χ0n) is 24.6. The topological polar surface area (TPSA) is 107 Å². The van der Waals surface area contributed by atoms with Crippen LogP contribution in [0.15, 0.2) is 42.0 Å². The molecule has 3 heterocycles. The van der Waals surface area contributed by atoms with Crippen molar-refractivity contribution in [2.24, 2.45) is 5.92 Å². The molecule has 0 unspecified atom stereocenters. The van der Waals surface area contributed by atoms with Crippen LogP contribution in [0.4, 0.5) is 0 Å². The summed E-state index contributed by atoms with van der Waals surface area (Å²) in [5.74, 6) is 1.01. The van der Waals surface area contributed by atoms with Crippen LogP contribution >= 0.6 is 0 Å². The number of fused-ring (bicyclic) bond motifs is 1. The number of carbonyl (C=O) groups is 2. The van der Waals surface area contributed by atoms with Crippen LogP contribution in [0.5, 0.6) is 23.0 Å². The summed E-state index contributed by atoms with van der Waals surface area (Å²) >= 11 is 0. The van der Waals surface area contributed by atoms with Gasteiger partial charge in [0.2, 0.25) is 0 Å². The highest BCUT2D eigenvalue weighted by atomic mass is 16.6. The molecule has 2 aromatic rings. The van der Waals surface area contributed by atoms with E-state index in [0.717, 1.165) is 19.5 Å². The number of ether oxygens (including phenoxy) is 5. The summed E-state index contributed by atoms with van der Waals surface area (Å²) in [7, 11) is 0. The fourth-order valence-corrected chi connectivity index (χ4v) is 5.36. The predicted molar refractivity (Wildman–Crippen MR) is 156 cm³/mol. The molecule has 10 heteroatoms. The Bertz CT molecular complexity index is 1320. The Morgan fingerprint density at radius 2 is 1.71 bits per heavy atom. The molecule has 2 fully saturated rings. The number of nitrogens with zero attached hydrogens (tertiary/aromatic N) is 2. The first-order chi connectivity index (χ1) is 20.4. The maximum atomic E-state index is 13.6. The van der Waals surface area contributed by atoms with Crippen LogP contribution in [-0.2, 0) is 14.3 Å². The Morgan fingerprint density at radius 3 is 2.45 bits per heavy atom. The second kappa shape index (κ2) is 13.5. The van der Waals surface area contributed by atoms with E-state index in [9.17, 15) is 14.7 Å². The van der Waals surface area contributed by atoms with E-state index in [1.54, 1.807) is 23.1 Å². The number of morpholine rings is 1. The van der Waals surface area contributed by atoms with Gasteiger partial charge in [-0.3, -0.25) is 14.5 Å². The molecule has 0 bridgehead atoms. The van der Waals surface area contributed by atoms with Gasteiger partial charge in [-0.05, 0) is 55.2 Å². The molecule has 0 radical (unpaired) electrons. The standard InChI is InChI=1S/C32H40N2O8/c1-4-39-26-19-22(5-7-24(26)40-14-9-21(2)3)29-28(30(35)23-6-8-25-27(20-23)42-18-17-41-25)31(36)32(37)34(29)11-10-33-12-15-38-16-13-33/h5-8,19-21,29,35H,4,9-18H2,1-3H3/b30-28+/t29-/m0/s1. The Kier molecular flexibility index (Phi) is 9.54. The third-order valence-corrected chi connectivity index (χ3v) is 7.65. The monoisotopic (exact) mass is 580 g/mol. The van der Waals surface area contributed by atoms with Crippen LogP contribution in [-0.4, -0.2) is 92.4 Å². The third kappa shape index (κ3) is 6.50. The van der Waals surface area contributed by atoms with E-state index in [-0.39, 0.29) is 11.3 Å². The number of amides is 1. The zero-order valence-corrected chi connectivity index (χ0v) is 24.6. The normalized spacial score (nSPS) is 20.3. The van der Waals surface area contributed by atoms with Gasteiger partial charge in [-0.25, -0.2) is 0 Å². The number of rotatable bonds is 11. The van der Waals surface area contributed by atoms with Crippen molar-refractivity contribution in [3.05, 3.63) is 53.1 Å². The van der Waals surface area contributed by atoms with Crippen LogP contribution < -0.4 is 18.9 Å². The van der Waals surface area contributed by atoms with Gasteiger partial charge in [0.05, 0.1) is 38.0 Å². The van der Waals surface area contributed by atoms with E-state index >= 15 is 0 Å². The number of aliphatic hydroxyl groups excluding tert-OH is 1. The average Bonchev–Trinajstić information content (AvgIpc) is 3.25. The maximum Gasteiger partial charge on any atom is 0.295 e. The van der Waals surface area contributed by atoms with Crippen LogP contribution in [0.1, 0.15) is 44.4 Å². The lowest BCUT2D eigenvalue weighted by atomic mass is 9.94. The van der Waals surface area contributed by atoms with Crippen molar-refractivity contribution in [2.75, 3.05) is 65.8 Å². The minimum atomic E-state index is -0.817. The molecule has 3 aliphatic rings. The largest absolute Gasteiger partial charge is 0.507 e. The molecule has 0 saturated carbocycles. The first kappa shape index (κ1) is 29.7. The predicted octanol–water partition coefficient (Wildman–Crippen LogP) is 4.04. The molecular formula is C32H40N2O8. The lowest BCUT2D eigenvalue weighted by molar-refractivity contribution is -0.140. The van der Waals surface area contributed by atoms with E-state index in [4.69, 9.17) is 23.7 Å². The number of hydrogen-bond donors (Lipinski definition) is 1. The highest BCUT2D eigenvalue weighted by Gasteiger charge is 2.46. The van der Waals surface area contributed by atoms with Gasteiger partial charge in [0.1, 0.15) is 19.0 Å². The maximum absolute atomic E-state index is 13.6. The molecule has 5 rings (SSSR count). The van der Waals surface area contributed by atoms with Gasteiger partial charge >= 0.3 is 0 Å². The number of ketones is 1. The van der Waals surface area contributed by atoms with E-state index in [2.05, 4.69) is 18.7 Å². The first-order valence-corrected chi connectivity index (χ1v) is 14.8. The minimum Gasteiger partial charge on any atom is -0.507 e. The van der Waals surface area contributed by atoms with Crippen molar-refractivity contribution in [1.29, 1.82) is 0 Å². The molecule has 1 atom stereocenters. The van der Waals surface area contributed by atoms with Gasteiger partial charge in [0.25, 0.3) is 11.7 Å². The lowest BCUT2D eigenvalue weighted by Crippen LogP contribution is -2.42. The van der Waals surface area contributed by atoms with Crippen molar-refractivity contribution in [1.82, 2.24) is 9.80 Å². The first-order valence-electron chi connectivity index (χ1n) is 14.8. The van der Waals surface area contributed by atoms with E-state index < -0.39 is 17.7 Å². The van der Waals surface area contributed by atoms with Gasteiger partial charge in [0, 0.05) is 31.7 Å². The van der Waals surface area contributed by atoms with E-state index in [1.807, 2.05) is 25.1 Å². The van der Waals surface area contributed by atoms with Crippen LogP contribution in [0, 0.1) is 5.92 Å². The molecule has 0 aliphatic carbocycles. The van der Waals surface area contributed by atoms with Gasteiger partial charge < -0.3 is 33.7 Å². The van der Waals surface area contributed by atoms with Crippen molar-refractivity contribution in [2.45, 2.75) is 33.2 Å². The molecule has 10 nitrogen and oxygen atoms in total. The van der Waals surface area contributed by atoms with Crippen LogP contribution in [0.25, 0.3) is 5.76 Å². The number of aliphatic hydroxyl groups is 1. The summed E-state index contributed by atoms with van der Waals surface area (Å²) in [6.45, 7) is 11.6. The number of carbonyl (C=O) groups excluding carboxylic acids is 2. The highest BCUT2D eigenvalue weighted by Crippen LogP contribution is 2.43. The Labute approximate surface area is 246 Å². The van der Waals surface area contributed by atoms with Crippen molar-refractivity contribution >= 4 is 17.4 Å². The summed E-state index contributed by atoms with van der Waals surface area (Å²) in [5.41, 5.74) is 1.04. The number of Topliss-reactive ketones (excluding diaryl/α,β-unsaturated/α-hetero) is 1. The third-order valence-electron chi connectivity index (χ3n) is 7.65. The van der Waals surface area contributed by atoms with E-state index in [0.29, 0.717) is 92.8 Å². The lowest BCUT2D eigenvalue weighted by Gasteiger charge is -2.31. The number of hydrogen-bond acceptors (Lipinski definition) is 9. The SMILES string of the molecule is CCOc1cc([C@H]2/C(=C(\O)c3ccc4c(c3)OCCO4)C(=O)C(=O)N2CCN2CCOCC2)ccc1OCCC(C)C. The number of benzene rings is 2. The molecule has 2 saturated heterocycles. The second-order valence-corrected chi connectivity index (χ2v) is 11.0. The molecule has 1 amide bonds. The van der Waals surface area contributed by atoms with Crippen LogP contribution in [0.2, 0.25) is 0 Å². The highest BCUT2D eigenvalue weighted by molar-refractivity contribution is 6.46. The van der Waals surface area contributed by atoms with Gasteiger partial charge in [-0.1, -0.05) is 19.9 Å². The Balaban J connectivity index is 1.54. The molecule has 226 valence electrons. The summed E-state index contributed by atoms with van der Waals surface area (Å²) in [4.78, 5) is 30.8.